The number of allylic oxidation sites excluding steroid dienone is 2. The fourth-order valence-electron chi connectivity index (χ4n) is 8.46. The first-order valence-corrected chi connectivity index (χ1v) is 16.7. The van der Waals surface area contributed by atoms with Crippen molar-refractivity contribution in [2.75, 3.05) is 0 Å². The van der Waals surface area contributed by atoms with Crippen molar-refractivity contribution in [1.82, 2.24) is 4.98 Å². The maximum Gasteiger partial charge on any atom is 0.192 e. The molecule has 5 rings (SSSR count). The molecule has 4 aliphatic rings. The second-order valence-corrected chi connectivity index (χ2v) is 18.8. The Morgan fingerprint density at radius 3 is 2.45 bits per heavy atom. The van der Waals surface area contributed by atoms with E-state index in [1.165, 1.54) is 56.9 Å². The SMILES string of the molecule is CC(C)(C)[Si](C)(C)O[C@]1(C)CC[C@H]2[C@H](CC[C@@H]3[C@@H]2CC[C@]2(C)C(c4cccnc4)=CC[C@@H]32)C1. The van der Waals surface area contributed by atoms with Crippen molar-refractivity contribution >= 4 is 13.9 Å². The second kappa shape index (κ2) is 8.05. The molecule has 0 saturated heterocycles. The minimum atomic E-state index is -1.74. The lowest BCUT2D eigenvalue weighted by molar-refractivity contribution is -0.0836. The molecule has 1 aromatic heterocycles. The molecule has 7 atom stereocenters. The molecule has 0 N–H and O–H groups in total. The maximum absolute atomic E-state index is 7.09. The topological polar surface area (TPSA) is 22.1 Å². The lowest BCUT2D eigenvalue weighted by Gasteiger charge is -2.58. The Bertz CT molecular complexity index is 902. The van der Waals surface area contributed by atoms with Gasteiger partial charge in [0, 0.05) is 12.4 Å². The molecule has 1 aromatic rings. The predicted molar refractivity (Wildman–Crippen MR) is 141 cm³/mol. The smallest absolute Gasteiger partial charge is 0.192 e. The molecule has 2 nitrogen and oxygen atoms in total. The Morgan fingerprint density at radius 1 is 1.00 bits per heavy atom. The first-order valence-electron chi connectivity index (χ1n) is 13.7. The highest BCUT2D eigenvalue weighted by Crippen LogP contribution is 2.65. The van der Waals surface area contributed by atoms with Gasteiger partial charge in [0.2, 0.25) is 0 Å². The molecule has 0 spiro atoms. The van der Waals surface area contributed by atoms with Gasteiger partial charge in [-0.2, -0.15) is 0 Å². The number of hydrogen-bond acceptors (Lipinski definition) is 2. The van der Waals surface area contributed by atoms with Crippen LogP contribution < -0.4 is 0 Å². The van der Waals surface area contributed by atoms with Crippen LogP contribution in [0.2, 0.25) is 18.1 Å². The molecule has 0 aliphatic heterocycles. The maximum atomic E-state index is 7.09. The quantitative estimate of drug-likeness (QED) is 0.417. The van der Waals surface area contributed by atoms with Crippen LogP contribution in [0.3, 0.4) is 0 Å². The second-order valence-electron chi connectivity index (χ2n) is 14.0. The van der Waals surface area contributed by atoms with Crippen LogP contribution in [0.5, 0.6) is 0 Å². The average molecular weight is 466 g/mol. The van der Waals surface area contributed by atoms with E-state index in [1.807, 2.05) is 6.20 Å². The summed E-state index contributed by atoms with van der Waals surface area (Å²) in [5, 5.41) is 0.291. The Kier molecular flexibility index (Phi) is 5.80. The average Bonchev–Trinajstić information content (AvgIpc) is 3.09. The van der Waals surface area contributed by atoms with Crippen LogP contribution >= 0.6 is 0 Å². The first kappa shape index (κ1) is 23.8. The van der Waals surface area contributed by atoms with Gasteiger partial charge in [0.25, 0.3) is 0 Å². The third kappa shape index (κ3) is 3.99. The Hall–Kier alpha value is -0.933. The zero-order valence-electron chi connectivity index (χ0n) is 22.3. The van der Waals surface area contributed by atoms with Crippen molar-refractivity contribution in [3.63, 3.8) is 0 Å². The van der Waals surface area contributed by atoms with Gasteiger partial charge in [-0.05, 0) is 129 Å². The van der Waals surface area contributed by atoms with E-state index in [1.54, 1.807) is 5.57 Å². The molecule has 4 aliphatic carbocycles. The van der Waals surface area contributed by atoms with Crippen LogP contribution in [0.4, 0.5) is 0 Å². The van der Waals surface area contributed by atoms with E-state index in [0.29, 0.717) is 10.5 Å². The monoisotopic (exact) mass is 465 g/mol. The van der Waals surface area contributed by atoms with E-state index in [2.05, 4.69) is 77.1 Å². The highest BCUT2D eigenvalue weighted by molar-refractivity contribution is 6.74. The third-order valence-corrected chi connectivity index (χ3v) is 15.7. The van der Waals surface area contributed by atoms with E-state index in [0.717, 1.165) is 29.6 Å². The Morgan fingerprint density at radius 2 is 1.76 bits per heavy atom. The molecule has 1 heterocycles. The summed E-state index contributed by atoms with van der Waals surface area (Å²) < 4.78 is 7.09. The predicted octanol–water partition coefficient (Wildman–Crippen LogP) is 8.51. The van der Waals surface area contributed by atoms with Gasteiger partial charge in [0.1, 0.15) is 0 Å². The molecule has 33 heavy (non-hydrogen) atoms. The summed E-state index contributed by atoms with van der Waals surface area (Å²) in [6.07, 6.45) is 17.5. The van der Waals surface area contributed by atoms with Crippen LogP contribution in [0.25, 0.3) is 5.57 Å². The number of fused-ring (bicyclic) bond motifs is 5. The van der Waals surface area contributed by atoms with Gasteiger partial charge >= 0.3 is 0 Å². The van der Waals surface area contributed by atoms with Crippen LogP contribution in [0.1, 0.15) is 91.5 Å². The van der Waals surface area contributed by atoms with Crippen LogP contribution in [-0.4, -0.2) is 18.9 Å². The molecule has 182 valence electrons. The van der Waals surface area contributed by atoms with Gasteiger partial charge in [-0.3, -0.25) is 4.98 Å². The zero-order chi connectivity index (χ0) is 23.6. The van der Waals surface area contributed by atoms with Gasteiger partial charge in [0.05, 0.1) is 5.60 Å². The van der Waals surface area contributed by atoms with Crippen LogP contribution in [-0.2, 0) is 4.43 Å². The molecule has 0 amide bonds. The number of aromatic nitrogens is 1. The van der Waals surface area contributed by atoms with E-state index in [9.17, 15) is 0 Å². The highest BCUT2D eigenvalue weighted by Gasteiger charge is 2.56. The summed E-state index contributed by atoms with van der Waals surface area (Å²) in [6.45, 7) is 17.1. The minimum absolute atomic E-state index is 0.0998. The summed E-state index contributed by atoms with van der Waals surface area (Å²) in [5.41, 5.74) is 3.42. The molecule has 3 saturated carbocycles. The lowest BCUT2D eigenvalue weighted by Crippen LogP contribution is -2.54. The summed E-state index contributed by atoms with van der Waals surface area (Å²) in [4.78, 5) is 4.44. The van der Waals surface area contributed by atoms with Crippen LogP contribution in [0, 0.1) is 35.0 Å². The Balaban J connectivity index is 1.30. The van der Waals surface area contributed by atoms with Gasteiger partial charge < -0.3 is 4.43 Å². The standard InChI is InChI=1S/C30H47NOSi/c1-28(2,3)33(6,7)32-29(4)16-14-23-21(19-29)10-11-25-24(23)15-17-30(5)26(12-13-27(25)30)22-9-8-18-31-20-22/h8-9,12,18,20-21,23-25,27H,10-11,13-17,19H2,1-7H3/t21-,23+,24-,25-,27+,29-,30-/m1/s1. The zero-order valence-corrected chi connectivity index (χ0v) is 23.3. The van der Waals surface area contributed by atoms with Crippen molar-refractivity contribution in [3.8, 4) is 0 Å². The summed E-state index contributed by atoms with van der Waals surface area (Å²) in [7, 11) is -1.74. The summed E-state index contributed by atoms with van der Waals surface area (Å²) in [6, 6.07) is 4.38. The number of rotatable bonds is 3. The molecule has 0 unspecified atom stereocenters. The summed E-state index contributed by atoms with van der Waals surface area (Å²) >= 11 is 0. The molecular weight excluding hydrogens is 418 g/mol. The molecular formula is C30H47NOSi. The fraction of sp³-hybridized carbons (Fsp3) is 0.767. The number of hydrogen-bond donors (Lipinski definition) is 0. The van der Waals surface area contributed by atoms with Gasteiger partial charge in [-0.25, -0.2) is 0 Å². The van der Waals surface area contributed by atoms with E-state index in [-0.39, 0.29) is 5.60 Å². The molecule has 3 fully saturated rings. The highest BCUT2D eigenvalue weighted by atomic mass is 28.4. The molecule has 3 heteroatoms. The Labute approximate surface area is 204 Å². The lowest BCUT2D eigenvalue weighted by atomic mass is 9.49. The summed E-state index contributed by atoms with van der Waals surface area (Å²) in [5.74, 6) is 4.52. The number of pyridine rings is 1. The van der Waals surface area contributed by atoms with E-state index < -0.39 is 8.32 Å². The first-order chi connectivity index (χ1) is 15.4. The largest absolute Gasteiger partial charge is 0.412 e. The molecule has 0 bridgehead atoms. The van der Waals surface area contributed by atoms with Crippen molar-refractivity contribution in [2.45, 2.75) is 110 Å². The van der Waals surface area contributed by atoms with Crippen molar-refractivity contribution in [1.29, 1.82) is 0 Å². The fourth-order valence-corrected chi connectivity index (χ4v) is 10.2. The van der Waals surface area contributed by atoms with Crippen LogP contribution in [0.15, 0.2) is 30.6 Å². The van der Waals surface area contributed by atoms with Gasteiger partial charge in [-0.15, -0.1) is 0 Å². The molecule has 0 radical (unpaired) electrons. The van der Waals surface area contributed by atoms with Crippen molar-refractivity contribution in [2.24, 2.45) is 35.0 Å². The van der Waals surface area contributed by atoms with Gasteiger partial charge in [-0.1, -0.05) is 39.8 Å². The number of nitrogens with zero attached hydrogens (tertiary/aromatic N) is 1. The van der Waals surface area contributed by atoms with E-state index in [4.69, 9.17) is 4.43 Å². The third-order valence-electron chi connectivity index (χ3n) is 11.1. The van der Waals surface area contributed by atoms with Crippen molar-refractivity contribution in [3.05, 3.63) is 36.2 Å². The van der Waals surface area contributed by atoms with Crippen molar-refractivity contribution < 1.29 is 4.43 Å². The normalized spacial score (nSPS) is 41.1. The van der Waals surface area contributed by atoms with E-state index >= 15 is 0 Å². The minimum Gasteiger partial charge on any atom is -0.412 e. The van der Waals surface area contributed by atoms with Gasteiger partial charge in [0.15, 0.2) is 8.32 Å². The molecule has 0 aromatic carbocycles.